The lowest BCUT2D eigenvalue weighted by atomic mass is 10.0. The molecule has 0 amide bonds. The molecule has 1 N–H and O–H groups in total. The fourth-order valence-electron chi connectivity index (χ4n) is 2.07. The summed E-state index contributed by atoms with van der Waals surface area (Å²) >= 11 is 1.73. The van der Waals surface area contributed by atoms with Gasteiger partial charge in [0, 0.05) is 31.1 Å². The van der Waals surface area contributed by atoms with E-state index < -0.39 is 0 Å². The van der Waals surface area contributed by atoms with Gasteiger partial charge in [-0.3, -0.25) is 0 Å². The molecule has 2 nitrogen and oxygen atoms in total. The molecule has 2 aromatic rings. The van der Waals surface area contributed by atoms with Crippen LogP contribution in [0.15, 0.2) is 35.8 Å². The highest BCUT2D eigenvalue weighted by atomic mass is 32.1. The Morgan fingerprint density at radius 2 is 1.89 bits per heavy atom. The summed E-state index contributed by atoms with van der Waals surface area (Å²) in [6.45, 7) is 6.44. The Morgan fingerprint density at radius 1 is 1.16 bits per heavy atom. The van der Waals surface area contributed by atoms with Crippen molar-refractivity contribution in [3.05, 3.63) is 52.0 Å². The molecule has 1 heterocycles. The number of nitrogens with zero attached hydrogens (tertiary/aromatic N) is 1. The zero-order valence-electron chi connectivity index (χ0n) is 11.7. The third-order valence-electron chi connectivity index (χ3n) is 3.00. The minimum Gasteiger partial charge on any atom is -0.312 e. The fraction of sp³-hybridized carbons (Fsp3) is 0.438. The second-order valence-corrected chi connectivity index (χ2v) is 6.25. The van der Waals surface area contributed by atoms with Crippen LogP contribution in [0.1, 0.15) is 30.0 Å². The number of rotatable bonds is 7. The molecule has 0 atom stereocenters. The molecule has 0 unspecified atom stereocenters. The Kier molecular flexibility index (Phi) is 5.55. The largest absolute Gasteiger partial charge is 0.312 e. The van der Waals surface area contributed by atoms with Crippen molar-refractivity contribution in [3.8, 4) is 0 Å². The summed E-state index contributed by atoms with van der Waals surface area (Å²) in [5, 5.41) is 6.71. The Balaban J connectivity index is 1.71. The molecule has 102 valence electrons. The van der Waals surface area contributed by atoms with Crippen LogP contribution in [0.2, 0.25) is 0 Å². The molecule has 19 heavy (non-hydrogen) atoms. The van der Waals surface area contributed by atoms with Crippen molar-refractivity contribution in [1.82, 2.24) is 10.3 Å². The standard InChI is InChI=1S/C16H22N2S/c1-13(2)11-14-3-5-15(6-4-14)12-17-8-7-16-18-9-10-19-16/h3-6,9-10,13,17H,7-8,11-12H2,1-2H3. The third-order valence-corrected chi connectivity index (χ3v) is 3.83. The van der Waals surface area contributed by atoms with Crippen LogP contribution in [0.25, 0.3) is 0 Å². The molecule has 0 aliphatic rings. The van der Waals surface area contributed by atoms with E-state index in [-0.39, 0.29) is 0 Å². The molecule has 0 spiro atoms. The molecule has 0 fully saturated rings. The maximum Gasteiger partial charge on any atom is 0.0937 e. The van der Waals surface area contributed by atoms with E-state index in [4.69, 9.17) is 0 Å². The van der Waals surface area contributed by atoms with Gasteiger partial charge in [-0.1, -0.05) is 38.1 Å². The van der Waals surface area contributed by atoms with Crippen LogP contribution in [0.3, 0.4) is 0 Å². The summed E-state index contributed by atoms with van der Waals surface area (Å²) in [7, 11) is 0. The maximum atomic E-state index is 4.28. The van der Waals surface area contributed by atoms with E-state index in [2.05, 4.69) is 48.4 Å². The smallest absolute Gasteiger partial charge is 0.0937 e. The minimum absolute atomic E-state index is 0.724. The average Bonchev–Trinajstić information content (AvgIpc) is 2.89. The van der Waals surface area contributed by atoms with Crippen molar-refractivity contribution >= 4 is 11.3 Å². The summed E-state index contributed by atoms with van der Waals surface area (Å²) in [5.41, 5.74) is 2.79. The number of aromatic nitrogens is 1. The predicted molar refractivity (Wildman–Crippen MR) is 82.5 cm³/mol. The van der Waals surface area contributed by atoms with Gasteiger partial charge in [0.1, 0.15) is 0 Å². The monoisotopic (exact) mass is 274 g/mol. The molecular weight excluding hydrogens is 252 g/mol. The van der Waals surface area contributed by atoms with Gasteiger partial charge in [-0.15, -0.1) is 11.3 Å². The zero-order chi connectivity index (χ0) is 13.5. The highest BCUT2D eigenvalue weighted by molar-refractivity contribution is 7.09. The molecule has 0 saturated heterocycles. The molecule has 1 aromatic carbocycles. The molecular formula is C16H22N2S. The SMILES string of the molecule is CC(C)Cc1ccc(CNCCc2nccs2)cc1. The van der Waals surface area contributed by atoms with E-state index in [9.17, 15) is 0 Å². The molecule has 0 saturated carbocycles. The average molecular weight is 274 g/mol. The van der Waals surface area contributed by atoms with Gasteiger partial charge in [-0.05, 0) is 23.5 Å². The Labute approximate surface area is 119 Å². The van der Waals surface area contributed by atoms with Gasteiger partial charge in [0.2, 0.25) is 0 Å². The molecule has 3 heteroatoms. The normalized spacial score (nSPS) is 11.1. The van der Waals surface area contributed by atoms with E-state index in [1.54, 1.807) is 11.3 Å². The first-order chi connectivity index (χ1) is 9.24. The van der Waals surface area contributed by atoms with Crippen molar-refractivity contribution in [2.45, 2.75) is 33.2 Å². The van der Waals surface area contributed by atoms with Crippen molar-refractivity contribution in [2.75, 3.05) is 6.54 Å². The molecule has 0 radical (unpaired) electrons. The van der Waals surface area contributed by atoms with Crippen molar-refractivity contribution in [1.29, 1.82) is 0 Å². The van der Waals surface area contributed by atoms with Crippen molar-refractivity contribution < 1.29 is 0 Å². The van der Waals surface area contributed by atoms with E-state index in [1.165, 1.54) is 16.1 Å². The lowest BCUT2D eigenvalue weighted by Gasteiger charge is -2.07. The maximum absolute atomic E-state index is 4.28. The molecule has 0 bridgehead atoms. The highest BCUT2D eigenvalue weighted by Crippen LogP contribution is 2.10. The summed E-state index contributed by atoms with van der Waals surface area (Å²) in [6.07, 6.45) is 4.05. The Morgan fingerprint density at radius 3 is 2.53 bits per heavy atom. The van der Waals surface area contributed by atoms with Crippen LogP contribution >= 0.6 is 11.3 Å². The summed E-state index contributed by atoms with van der Waals surface area (Å²) in [5.74, 6) is 0.724. The van der Waals surface area contributed by atoms with Crippen LogP contribution in [0.5, 0.6) is 0 Å². The van der Waals surface area contributed by atoms with E-state index >= 15 is 0 Å². The zero-order valence-corrected chi connectivity index (χ0v) is 12.5. The van der Waals surface area contributed by atoms with E-state index in [0.29, 0.717) is 0 Å². The Hall–Kier alpha value is -1.19. The lowest BCUT2D eigenvalue weighted by Crippen LogP contribution is -2.16. The molecule has 0 aliphatic heterocycles. The second-order valence-electron chi connectivity index (χ2n) is 5.27. The summed E-state index contributed by atoms with van der Waals surface area (Å²) in [6, 6.07) is 8.96. The second kappa shape index (κ2) is 7.41. The van der Waals surface area contributed by atoms with E-state index in [0.717, 1.165) is 31.8 Å². The minimum atomic E-state index is 0.724. The van der Waals surface area contributed by atoms with Crippen molar-refractivity contribution in [2.24, 2.45) is 5.92 Å². The lowest BCUT2D eigenvalue weighted by molar-refractivity contribution is 0.646. The van der Waals surface area contributed by atoms with Gasteiger partial charge in [-0.25, -0.2) is 4.98 Å². The predicted octanol–water partition coefficient (Wildman–Crippen LogP) is 3.67. The number of hydrogen-bond donors (Lipinski definition) is 1. The fourth-order valence-corrected chi connectivity index (χ4v) is 2.69. The van der Waals surface area contributed by atoms with Gasteiger partial charge in [0.15, 0.2) is 0 Å². The van der Waals surface area contributed by atoms with Gasteiger partial charge in [0.05, 0.1) is 5.01 Å². The first kappa shape index (κ1) is 14.2. The third kappa shape index (κ3) is 5.13. The van der Waals surface area contributed by atoms with Crippen LogP contribution in [0, 0.1) is 5.92 Å². The topological polar surface area (TPSA) is 24.9 Å². The van der Waals surface area contributed by atoms with E-state index in [1.807, 2.05) is 11.6 Å². The summed E-state index contributed by atoms with van der Waals surface area (Å²) in [4.78, 5) is 4.28. The first-order valence-corrected chi connectivity index (χ1v) is 7.79. The molecule has 0 aliphatic carbocycles. The van der Waals surface area contributed by atoms with Gasteiger partial charge < -0.3 is 5.32 Å². The van der Waals surface area contributed by atoms with Crippen LogP contribution in [-0.2, 0) is 19.4 Å². The first-order valence-electron chi connectivity index (χ1n) is 6.91. The summed E-state index contributed by atoms with van der Waals surface area (Å²) < 4.78 is 0. The van der Waals surface area contributed by atoms with Gasteiger partial charge in [0.25, 0.3) is 0 Å². The number of nitrogens with one attached hydrogen (secondary N) is 1. The van der Waals surface area contributed by atoms with Crippen LogP contribution in [0.4, 0.5) is 0 Å². The highest BCUT2D eigenvalue weighted by Gasteiger charge is 1.99. The van der Waals surface area contributed by atoms with Crippen LogP contribution in [-0.4, -0.2) is 11.5 Å². The molecule has 2 rings (SSSR count). The van der Waals surface area contributed by atoms with Gasteiger partial charge >= 0.3 is 0 Å². The van der Waals surface area contributed by atoms with Crippen molar-refractivity contribution in [3.63, 3.8) is 0 Å². The van der Waals surface area contributed by atoms with Crippen LogP contribution < -0.4 is 5.32 Å². The number of hydrogen-bond acceptors (Lipinski definition) is 3. The number of thiazole rings is 1. The van der Waals surface area contributed by atoms with Gasteiger partial charge in [-0.2, -0.15) is 0 Å². The quantitative estimate of drug-likeness (QED) is 0.779. The number of benzene rings is 1. The Bertz CT molecular complexity index is 460. The molecule has 1 aromatic heterocycles.